The fourth-order valence-corrected chi connectivity index (χ4v) is 4.77. The number of aliphatic carboxylic acids is 1. The monoisotopic (exact) mass is 421 g/mol. The lowest BCUT2D eigenvalue weighted by Gasteiger charge is -2.49. The zero-order valence-corrected chi connectivity index (χ0v) is 16.7. The van der Waals surface area contributed by atoms with Crippen molar-refractivity contribution in [3.8, 4) is 0 Å². The van der Waals surface area contributed by atoms with E-state index in [1.54, 1.807) is 30.6 Å². The van der Waals surface area contributed by atoms with Gasteiger partial charge in [0.2, 0.25) is 5.91 Å². The van der Waals surface area contributed by atoms with Crippen LogP contribution in [-0.2, 0) is 20.8 Å². The SMILES string of the molecule is O=C(Cc1ccccc1)NC1C(=O)N2C(C(=O)O)=C(/C=C/c3cccnc3)CSC12. The van der Waals surface area contributed by atoms with Gasteiger partial charge in [0.25, 0.3) is 5.91 Å². The van der Waals surface area contributed by atoms with E-state index in [1.807, 2.05) is 36.4 Å². The molecule has 2 amide bonds. The molecule has 0 aliphatic carbocycles. The maximum atomic E-state index is 12.7. The molecule has 1 aromatic heterocycles. The highest BCUT2D eigenvalue weighted by molar-refractivity contribution is 8.00. The molecule has 2 aromatic rings. The summed E-state index contributed by atoms with van der Waals surface area (Å²) in [6, 6.07) is 12.2. The van der Waals surface area contributed by atoms with Crippen LogP contribution in [0.3, 0.4) is 0 Å². The van der Waals surface area contributed by atoms with Gasteiger partial charge in [-0.05, 0) is 22.8 Å². The number of amides is 2. The van der Waals surface area contributed by atoms with Crippen LogP contribution in [0, 0.1) is 0 Å². The summed E-state index contributed by atoms with van der Waals surface area (Å²) >= 11 is 1.44. The van der Waals surface area contributed by atoms with Crippen molar-refractivity contribution in [2.45, 2.75) is 17.8 Å². The van der Waals surface area contributed by atoms with Crippen molar-refractivity contribution < 1.29 is 19.5 Å². The molecule has 7 nitrogen and oxygen atoms in total. The Morgan fingerprint density at radius 2 is 2.00 bits per heavy atom. The normalized spacial score (nSPS) is 20.7. The summed E-state index contributed by atoms with van der Waals surface area (Å²) in [7, 11) is 0. The zero-order chi connectivity index (χ0) is 21.1. The molecule has 2 N–H and O–H groups in total. The van der Waals surface area contributed by atoms with E-state index in [1.165, 1.54) is 16.7 Å². The molecule has 1 fully saturated rings. The smallest absolute Gasteiger partial charge is 0.352 e. The summed E-state index contributed by atoms with van der Waals surface area (Å²) < 4.78 is 0. The van der Waals surface area contributed by atoms with Crippen molar-refractivity contribution in [2.75, 3.05) is 5.75 Å². The molecule has 152 valence electrons. The molecule has 2 aliphatic rings. The lowest BCUT2D eigenvalue weighted by Crippen LogP contribution is -2.70. The predicted octanol–water partition coefficient (Wildman–Crippen LogP) is 2.08. The van der Waals surface area contributed by atoms with E-state index in [-0.39, 0.29) is 18.0 Å². The number of nitrogens with zero attached hydrogens (tertiary/aromatic N) is 2. The standard InChI is InChI=1S/C22H19N3O4S/c26-17(11-14-5-2-1-3-6-14)24-18-20(27)25-19(22(28)29)16(13-30-21(18)25)9-8-15-7-4-10-23-12-15/h1-10,12,18,21H,11,13H2,(H,24,26)(H,28,29)/b9-8+. The first-order valence-electron chi connectivity index (χ1n) is 9.37. The Bertz CT molecular complexity index is 1040. The van der Waals surface area contributed by atoms with Crippen LogP contribution >= 0.6 is 11.8 Å². The first-order chi connectivity index (χ1) is 14.5. The topological polar surface area (TPSA) is 99.6 Å². The molecule has 0 radical (unpaired) electrons. The molecule has 0 spiro atoms. The van der Waals surface area contributed by atoms with E-state index in [0.717, 1.165) is 11.1 Å². The number of benzene rings is 1. The van der Waals surface area contributed by atoms with Crippen LogP contribution in [0.4, 0.5) is 0 Å². The van der Waals surface area contributed by atoms with Gasteiger partial charge in [0.05, 0.1) is 6.42 Å². The molecule has 4 rings (SSSR count). The van der Waals surface area contributed by atoms with Gasteiger partial charge in [0.1, 0.15) is 17.1 Å². The maximum Gasteiger partial charge on any atom is 0.352 e. The Morgan fingerprint density at radius 3 is 2.70 bits per heavy atom. The number of thioether (sulfide) groups is 1. The van der Waals surface area contributed by atoms with Gasteiger partial charge < -0.3 is 10.4 Å². The summed E-state index contributed by atoms with van der Waals surface area (Å²) in [6.07, 6.45) is 6.98. The number of carboxylic acids is 1. The van der Waals surface area contributed by atoms with Crippen LogP contribution in [-0.4, -0.2) is 49.9 Å². The average molecular weight is 421 g/mol. The number of carbonyl (C=O) groups excluding carboxylic acids is 2. The molecule has 30 heavy (non-hydrogen) atoms. The Hall–Kier alpha value is -3.39. The minimum atomic E-state index is -1.16. The minimum Gasteiger partial charge on any atom is -0.477 e. The van der Waals surface area contributed by atoms with Gasteiger partial charge in [-0.1, -0.05) is 48.6 Å². The van der Waals surface area contributed by atoms with E-state index in [4.69, 9.17) is 0 Å². The van der Waals surface area contributed by atoms with Crippen LogP contribution in [0.25, 0.3) is 6.08 Å². The number of pyridine rings is 1. The Morgan fingerprint density at radius 1 is 1.20 bits per heavy atom. The number of hydrogen-bond acceptors (Lipinski definition) is 5. The molecular formula is C22H19N3O4S. The molecule has 3 heterocycles. The van der Waals surface area contributed by atoms with Crippen molar-refractivity contribution >= 4 is 35.6 Å². The van der Waals surface area contributed by atoms with Gasteiger partial charge >= 0.3 is 5.97 Å². The number of aromatic nitrogens is 1. The second-order valence-corrected chi connectivity index (χ2v) is 8.02. The predicted molar refractivity (Wildman–Crippen MR) is 113 cm³/mol. The highest BCUT2D eigenvalue weighted by Gasteiger charge is 2.53. The van der Waals surface area contributed by atoms with Crippen molar-refractivity contribution in [1.82, 2.24) is 15.2 Å². The summed E-state index contributed by atoms with van der Waals surface area (Å²) in [5, 5.41) is 12.0. The van der Waals surface area contributed by atoms with Gasteiger partial charge in [0, 0.05) is 18.1 Å². The molecule has 0 saturated carbocycles. The molecule has 2 unspecified atom stereocenters. The number of β-lactam (4-membered cyclic amide) rings is 1. The molecule has 1 aromatic carbocycles. The lowest BCUT2D eigenvalue weighted by atomic mass is 10.0. The van der Waals surface area contributed by atoms with E-state index in [0.29, 0.717) is 11.3 Å². The summed E-state index contributed by atoms with van der Waals surface area (Å²) in [6.45, 7) is 0. The first kappa shape index (κ1) is 19.9. The van der Waals surface area contributed by atoms with Gasteiger partial charge in [-0.15, -0.1) is 11.8 Å². The zero-order valence-electron chi connectivity index (χ0n) is 15.9. The highest BCUT2D eigenvalue weighted by atomic mass is 32.2. The number of carbonyl (C=O) groups is 3. The maximum absolute atomic E-state index is 12.7. The van der Waals surface area contributed by atoms with Gasteiger partial charge in [-0.2, -0.15) is 0 Å². The van der Waals surface area contributed by atoms with Gasteiger partial charge in [0.15, 0.2) is 0 Å². The quantitative estimate of drug-likeness (QED) is 0.693. The van der Waals surface area contributed by atoms with Crippen LogP contribution < -0.4 is 5.32 Å². The highest BCUT2D eigenvalue weighted by Crippen LogP contribution is 2.40. The number of hydrogen-bond donors (Lipinski definition) is 2. The molecular weight excluding hydrogens is 402 g/mol. The molecule has 2 aliphatic heterocycles. The number of fused-ring (bicyclic) bond motifs is 1. The molecule has 2 atom stereocenters. The van der Waals surface area contributed by atoms with Crippen molar-refractivity contribution in [3.05, 3.63) is 83.3 Å². The van der Waals surface area contributed by atoms with Crippen molar-refractivity contribution in [1.29, 1.82) is 0 Å². The fraction of sp³-hybridized carbons (Fsp3) is 0.182. The van der Waals surface area contributed by atoms with Crippen molar-refractivity contribution in [3.63, 3.8) is 0 Å². The number of carboxylic acid groups (broad SMARTS) is 1. The van der Waals surface area contributed by atoms with Crippen LogP contribution in [0.2, 0.25) is 0 Å². The third-order valence-electron chi connectivity index (χ3n) is 4.89. The van der Waals surface area contributed by atoms with Gasteiger partial charge in [-0.3, -0.25) is 19.5 Å². The second-order valence-electron chi connectivity index (χ2n) is 6.92. The van der Waals surface area contributed by atoms with E-state index in [2.05, 4.69) is 10.3 Å². The largest absolute Gasteiger partial charge is 0.477 e. The number of allylic oxidation sites excluding steroid dienone is 1. The Balaban J connectivity index is 1.48. The van der Waals surface area contributed by atoms with Crippen LogP contribution in [0.5, 0.6) is 0 Å². The summed E-state index contributed by atoms with van der Waals surface area (Å²) in [5.41, 5.74) is 2.21. The molecule has 8 heteroatoms. The minimum absolute atomic E-state index is 0.0301. The summed E-state index contributed by atoms with van der Waals surface area (Å²) in [4.78, 5) is 42.2. The Kier molecular flexibility index (Phi) is 5.67. The number of rotatable bonds is 6. The lowest BCUT2D eigenvalue weighted by molar-refractivity contribution is -0.150. The van der Waals surface area contributed by atoms with E-state index < -0.39 is 23.3 Å². The number of nitrogens with one attached hydrogen (secondary N) is 1. The second kappa shape index (κ2) is 8.54. The Labute approximate surface area is 177 Å². The molecule has 0 bridgehead atoms. The third kappa shape index (κ3) is 3.99. The van der Waals surface area contributed by atoms with Crippen molar-refractivity contribution in [2.24, 2.45) is 0 Å². The average Bonchev–Trinajstić information content (AvgIpc) is 2.76. The van der Waals surface area contributed by atoms with Gasteiger partial charge in [-0.25, -0.2) is 4.79 Å². The van der Waals surface area contributed by atoms with Crippen LogP contribution in [0.15, 0.2) is 72.2 Å². The third-order valence-corrected chi connectivity index (χ3v) is 6.19. The van der Waals surface area contributed by atoms with E-state index >= 15 is 0 Å². The van der Waals surface area contributed by atoms with Crippen LogP contribution in [0.1, 0.15) is 11.1 Å². The summed E-state index contributed by atoms with van der Waals surface area (Å²) in [5.74, 6) is -1.40. The molecule has 1 saturated heterocycles. The van der Waals surface area contributed by atoms with E-state index in [9.17, 15) is 19.5 Å². The first-order valence-corrected chi connectivity index (χ1v) is 10.4. The fourth-order valence-electron chi connectivity index (χ4n) is 3.45.